The molecule has 1 aromatic rings. The lowest BCUT2D eigenvalue weighted by molar-refractivity contribution is 0.0949. The predicted molar refractivity (Wildman–Crippen MR) is 84.1 cm³/mol. The fourth-order valence-corrected chi connectivity index (χ4v) is 1.97. The zero-order valence-corrected chi connectivity index (χ0v) is 13.0. The molecule has 118 valence electrons. The lowest BCUT2D eigenvalue weighted by Gasteiger charge is -2.12. The largest absolute Gasteiger partial charge is 0.491 e. The molecule has 1 aliphatic carbocycles. The fourth-order valence-electron chi connectivity index (χ4n) is 1.97. The van der Waals surface area contributed by atoms with Crippen molar-refractivity contribution in [1.29, 1.82) is 0 Å². The quantitative estimate of drug-likeness (QED) is 0.715. The highest BCUT2D eigenvalue weighted by molar-refractivity contribution is 5.94. The summed E-state index contributed by atoms with van der Waals surface area (Å²) in [5.74, 6) is 1.14. The maximum Gasteiger partial charge on any atom is 0.251 e. The zero-order valence-electron chi connectivity index (χ0n) is 12.2. The van der Waals surface area contributed by atoms with Crippen LogP contribution in [-0.2, 0) is 4.74 Å². The van der Waals surface area contributed by atoms with Crippen LogP contribution < -0.4 is 15.8 Å². The highest BCUT2D eigenvalue weighted by Crippen LogP contribution is 2.31. The van der Waals surface area contributed by atoms with Crippen molar-refractivity contribution in [3.05, 3.63) is 29.8 Å². The number of carbonyl (C=O) groups is 1. The first-order chi connectivity index (χ1) is 9.70. The summed E-state index contributed by atoms with van der Waals surface area (Å²) in [4.78, 5) is 12.0. The standard InChI is InChI=1S/C15H22N2O3.ClH/c1-19-7-8-20-13-4-2-3-12(9-13)15(18)17-10-14(16)11-5-6-11;/h2-4,9,11,14H,5-8,10,16H2,1H3,(H,17,18);1H. The van der Waals surface area contributed by atoms with Crippen LogP contribution in [0.15, 0.2) is 24.3 Å². The van der Waals surface area contributed by atoms with Crippen LogP contribution >= 0.6 is 12.4 Å². The van der Waals surface area contributed by atoms with Crippen molar-refractivity contribution in [2.45, 2.75) is 18.9 Å². The van der Waals surface area contributed by atoms with E-state index >= 15 is 0 Å². The van der Waals surface area contributed by atoms with Gasteiger partial charge in [0, 0.05) is 25.3 Å². The van der Waals surface area contributed by atoms with Gasteiger partial charge in [-0.3, -0.25) is 4.79 Å². The second kappa shape index (κ2) is 8.87. The number of carbonyl (C=O) groups excluding carboxylic acids is 1. The highest BCUT2D eigenvalue weighted by atomic mass is 35.5. The van der Waals surface area contributed by atoms with Gasteiger partial charge in [0.2, 0.25) is 0 Å². The second-order valence-electron chi connectivity index (χ2n) is 5.08. The normalized spacial score (nSPS) is 15.0. The number of methoxy groups -OCH3 is 1. The van der Waals surface area contributed by atoms with Gasteiger partial charge in [-0.1, -0.05) is 6.07 Å². The van der Waals surface area contributed by atoms with E-state index in [1.54, 1.807) is 25.3 Å². The van der Waals surface area contributed by atoms with E-state index in [1.807, 2.05) is 6.07 Å². The fraction of sp³-hybridized carbons (Fsp3) is 0.533. The van der Waals surface area contributed by atoms with Gasteiger partial charge in [-0.25, -0.2) is 0 Å². The van der Waals surface area contributed by atoms with Crippen LogP contribution in [-0.4, -0.2) is 38.8 Å². The van der Waals surface area contributed by atoms with Gasteiger partial charge in [-0.2, -0.15) is 0 Å². The summed E-state index contributed by atoms with van der Waals surface area (Å²) >= 11 is 0. The van der Waals surface area contributed by atoms with Gasteiger partial charge in [0.15, 0.2) is 0 Å². The van der Waals surface area contributed by atoms with E-state index in [4.69, 9.17) is 15.2 Å². The molecular weight excluding hydrogens is 292 g/mol. The van der Waals surface area contributed by atoms with E-state index < -0.39 is 0 Å². The van der Waals surface area contributed by atoms with Crippen molar-refractivity contribution in [2.75, 3.05) is 26.9 Å². The smallest absolute Gasteiger partial charge is 0.251 e. The van der Waals surface area contributed by atoms with Crippen LogP contribution in [0, 0.1) is 5.92 Å². The number of halogens is 1. The molecule has 0 heterocycles. The number of rotatable bonds is 8. The van der Waals surface area contributed by atoms with Crippen molar-refractivity contribution >= 4 is 18.3 Å². The molecule has 1 aliphatic rings. The summed E-state index contributed by atoms with van der Waals surface area (Å²) in [6.07, 6.45) is 2.36. The first-order valence-corrected chi connectivity index (χ1v) is 6.96. The Morgan fingerprint density at radius 3 is 2.86 bits per heavy atom. The maximum absolute atomic E-state index is 12.0. The molecule has 3 N–H and O–H groups in total. The van der Waals surface area contributed by atoms with E-state index in [2.05, 4.69) is 5.32 Å². The molecule has 1 aromatic carbocycles. The van der Waals surface area contributed by atoms with Crippen LogP contribution in [0.3, 0.4) is 0 Å². The van der Waals surface area contributed by atoms with Crippen LogP contribution in [0.2, 0.25) is 0 Å². The Morgan fingerprint density at radius 2 is 2.19 bits per heavy atom. The van der Waals surface area contributed by atoms with Gasteiger partial charge in [-0.15, -0.1) is 12.4 Å². The van der Waals surface area contributed by atoms with E-state index in [0.29, 0.717) is 37.0 Å². The lowest BCUT2D eigenvalue weighted by atomic mass is 10.1. The van der Waals surface area contributed by atoms with Crippen molar-refractivity contribution < 1.29 is 14.3 Å². The molecule has 6 heteroatoms. The monoisotopic (exact) mass is 314 g/mol. The number of ether oxygens (including phenoxy) is 2. The van der Waals surface area contributed by atoms with Crippen molar-refractivity contribution in [1.82, 2.24) is 5.32 Å². The minimum atomic E-state index is -0.113. The minimum absolute atomic E-state index is 0. The Labute approximate surface area is 131 Å². The number of amides is 1. The van der Waals surface area contributed by atoms with Crippen molar-refractivity contribution in [3.8, 4) is 5.75 Å². The summed E-state index contributed by atoms with van der Waals surface area (Å²) in [5.41, 5.74) is 6.55. The van der Waals surface area contributed by atoms with Gasteiger partial charge in [0.25, 0.3) is 5.91 Å². The van der Waals surface area contributed by atoms with E-state index in [0.717, 1.165) is 0 Å². The van der Waals surface area contributed by atoms with Crippen LogP contribution in [0.25, 0.3) is 0 Å². The molecule has 0 aromatic heterocycles. The summed E-state index contributed by atoms with van der Waals surface area (Å²) in [6.45, 7) is 1.51. The van der Waals surface area contributed by atoms with Gasteiger partial charge < -0.3 is 20.5 Å². The molecule has 0 aliphatic heterocycles. The number of nitrogens with two attached hydrogens (primary N) is 1. The Bertz CT molecular complexity index is 452. The number of hydrogen-bond donors (Lipinski definition) is 2. The second-order valence-corrected chi connectivity index (χ2v) is 5.08. The van der Waals surface area contributed by atoms with E-state index in [-0.39, 0.29) is 24.4 Å². The Morgan fingerprint density at radius 1 is 1.43 bits per heavy atom. The zero-order chi connectivity index (χ0) is 14.4. The predicted octanol–water partition coefficient (Wildman–Crippen LogP) is 1.60. The van der Waals surface area contributed by atoms with Crippen LogP contribution in [0.4, 0.5) is 0 Å². The number of hydrogen-bond acceptors (Lipinski definition) is 4. The molecule has 2 rings (SSSR count). The third-order valence-corrected chi connectivity index (χ3v) is 3.38. The first-order valence-electron chi connectivity index (χ1n) is 6.96. The van der Waals surface area contributed by atoms with E-state index in [9.17, 15) is 4.79 Å². The lowest BCUT2D eigenvalue weighted by Crippen LogP contribution is -2.38. The Kier molecular flexibility index (Phi) is 7.50. The number of benzene rings is 1. The summed E-state index contributed by atoms with van der Waals surface area (Å²) in [7, 11) is 1.62. The molecule has 0 bridgehead atoms. The summed E-state index contributed by atoms with van der Waals surface area (Å²) in [5, 5.41) is 2.87. The van der Waals surface area contributed by atoms with Crippen LogP contribution in [0.1, 0.15) is 23.2 Å². The third-order valence-electron chi connectivity index (χ3n) is 3.38. The van der Waals surface area contributed by atoms with Gasteiger partial charge in [0.1, 0.15) is 12.4 Å². The third kappa shape index (κ3) is 5.91. The molecule has 5 nitrogen and oxygen atoms in total. The molecule has 1 fully saturated rings. The van der Waals surface area contributed by atoms with Crippen molar-refractivity contribution in [3.63, 3.8) is 0 Å². The average Bonchev–Trinajstić information content (AvgIpc) is 3.29. The Hall–Kier alpha value is -1.30. The molecule has 1 amide bonds. The Balaban J connectivity index is 0.00000220. The van der Waals surface area contributed by atoms with Crippen LogP contribution in [0.5, 0.6) is 5.75 Å². The molecule has 21 heavy (non-hydrogen) atoms. The van der Waals surface area contributed by atoms with Gasteiger partial charge >= 0.3 is 0 Å². The molecule has 1 saturated carbocycles. The summed E-state index contributed by atoms with van der Waals surface area (Å²) < 4.78 is 10.4. The SMILES string of the molecule is COCCOc1cccc(C(=O)NCC(N)C2CC2)c1.Cl. The van der Waals surface area contributed by atoms with Gasteiger partial charge in [-0.05, 0) is 37.0 Å². The van der Waals surface area contributed by atoms with Crippen molar-refractivity contribution in [2.24, 2.45) is 11.7 Å². The van der Waals surface area contributed by atoms with Gasteiger partial charge in [0.05, 0.1) is 6.61 Å². The van der Waals surface area contributed by atoms with E-state index in [1.165, 1.54) is 12.8 Å². The number of nitrogens with one attached hydrogen (secondary N) is 1. The maximum atomic E-state index is 12.0. The molecule has 0 radical (unpaired) electrons. The molecular formula is C15H23ClN2O3. The molecule has 1 unspecified atom stereocenters. The molecule has 0 saturated heterocycles. The summed E-state index contributed by atoms with van der Waals surface area (Å²) in [6, 6.07) is 7.19. The molecule has 1 atom stereocenters. The average molecular weight is 315 g/mol. The molecule has 0 spiro atoms. The topological polar surface area (TPSA) is 73.6 Å². The first kappa shape index (κ1) is 17.8. The highest BCUT2D eigenvalue weighted by Gasteiger charge is 2.28. The minimum Gasteiger partial charge on any atom is -0.491 e.